The minimum absolute atomic E-state index is 0.0553. The molecule has 0 aromatic carbocycles. The van der Waals surface area contributed by atoms with Crippen molar-refractivity contribution >= 4 is 41.9 Å². The summed E-state index contributed by atoms with van der Waals surface area (Å²) in [5, 5.41) is 23.6. The number of aldehydes is 1. The number of aliphatic hydroxyl groups is 2. The summed E-state index contributed by atoms with van der Waals surface area (Å²) in [6, 6.07) is 0. The van der Waals surface area contributed by atoms with E-state index < -0.39 is 58.9 Å². The lowest BCUT2D eigenvalue weighted by Gasteiger charge is -2.36. The molecule has 1 aromatic heterocycles. The topological polar surface area (TPSA) is 200 Å². The van der Waals surface area contributed by atoms with Gasteiger partial charge in [0.15, 0.2) is 19.0 Å². The molecule has 1 fully saturated rings. The van der Waals surface area contributed by atoms with Crippen molar-refractivity contribution in [2.24, 2.45) is 16.6 Å². The Labute approximate surface area is 195 Å². The van der Waals surface area contributed by atoms with E-state index in [-0.39, 0.29) is 37.1 Å². The van der Waals surface area contributed by atoms with E-state index in [0.717, 1.165) is 0 Å². The number of quaternary nitrogens is 1. The number of nitrogens with two attached hydrogens (primary N) is 1. The summed E-state index contributed by atoms with van der Waals surface area (Å²) >= 11 is 0. The molecule has 14 heteroatoms. The maximum atomic E-state index is 13.2. The number of carbonyl (C=O) groups is 3. The second-order valence-electron chi connectivity index (χ2n) is 8.57. The van der Waals surface area contributed by atoms with Gasteiger partial charge in [0, 0.05) is 19.0 Å². The fourth-order valence-corrected chi connectivity index (χ4v) is 3.89. The Morgan fingerprint density at radius 2 is 2.09 bits per heavy atom. The largest absolute Gasteiger partial charge is 0.387 e. The van der Waals surface area contributed by atoms with Gasteiger partial charge in [-0.2, -0.15) is 14.5 Å². The van der Waals surface area contributed by atoms with Crippen LogP contribution < -0.4 is 21.1 Å². The third-order valence-electron chi connectivity index (χ3n) is 5.80. The van der Waals surface area contributed by atoms with Crippen LogP contribution in [0.2, 0.25) is 0 Å². The van der Waals surface area contributed by atoms with Gasteiger partial charge in [-0.05, 0) is 6.92 Å². The van der Waals surface area contributed by atoms with E-state index in [0.29, 0.717) is 6.29 Å². The van der Waals surface area contributed by atoms with Crippen LogP contribution in [-0.4, -0.2) is 100 Å². The van der Waals surface area contributed by atoms with Crippen LogP contribution in [0.4, 0.5) is 17.5 Å². The second kappa shape index (κ2) is 10.1. The number of nitrogens with one attached hydrogen (secondary N) is 2. The first-order valence-corrected chi connectivity index (χ1v) is 10.9. The number of amides is 2. The van der Waals surface area contributed by atoms with Crippen molar-refractivity contribution in [3.8, 4) is 0 Å². The van der Waals surface area contributed by atoms with Gasteiger partial charge < -0.3 is 30.4 Å². The summed E-state index contributed by atoms with van der Waals surface area (Å²) in [6.07, 6.45) is -2.98. The molecular formula is C20H30N7O7+. The predicted molar refractivity (Wildman–Crippen MR) is 121 cm³/mol. The summed E-state index contributed by atoms with van der Waals surface area (Å²) in [5.41, 5.74) is 4.75. The summed E-state index contributed by atoms with van der Waals surface area (Å²) < 4.78 is 5.14. The molecule has 1 aromatic rings. The van der Waals surface area contributed by atoms with Crippen LogP contribution in [0.15, 0.2) is 9.79 Å². The van der Waals surface area contributed by atoms with Crippen molar-refractivity contribution < 1.29 is 29.3 Å². The summed E-state index contributed by atoms with van der Waals surface area (Å²) in [5.74, 6) is -1.58. The number of hydrogen-bond donors (Lipinski definition) is 5. The predicted octanol–water partition coefficient (Wildman–Crippen LogP) is -2.20. The Morgan fingerprint density at radius 3 is 2.65 bits per heavy atom. The molecule has 0 aliphatic carbocycles. The number of aromatic amines is 1. The van der Waals surface area contributed by atoms with Crippen molar-refractivity contribution in [1.29, 1.82) is 0 Å². The number of aliphatic hydroxyl groups excluding tert-OH is 2. The van der Waals surface area contributed by atoms with Crippen LogP contribution in [0.3, 0.4) is 0 Å². The van der Waals surface area contributed by atoms with E-state index in [4.69, 9.17) is 10.5 Å². The third kappa shape index (κ3) is 4.63. The van der Waals surface area contributed by atoms with Gasteiger partial charge in [0.2, 0.25) is 23.8 Å². The highest BCUT2D eigenvalue weighted by Gasteiger charge is 2.58. The Morgan fingerprint density at radius 1 is 1.38 bits per heavy atom. The number of nitrogens with zero attached hydrogens (tertiary/aromatic N) is 4. The number of fused-ring (bicyclic) bond motifs is 1. The van der Waals surface area contributed by atoms with Crippen molar-refractivity contribution in [3.05, 3.63) is 10.4 Å². The highest BCUT2D eigenvalue weighted by Crippen LogP contribution is 2.40. The normalized spacial score (nSPS) is 27.6. The molecule has 3 rings (SSSR count). The van der Waals surface area contributed by atoms with Crippen molar-refractivity contribution in [2.75, 3.05) is 31.5 Å². The maximum absolute atomic E-state index is 13.2. The Hall–Kier alpha value is -3.04. The van der Waals surface area contributed by atoms with Gasteiger partial charge in [0.05, 0.1) is 12.6 Å². The average molecular weight is 481 g/mol. The van der Waals surface area contributed by atoms with Crippen molar-refractivity contribution in [1.82, 2.24) is 19.4 Å². The zero-order valence-corrected chi connectivity index (χ0v) is 19.2. The zero-order valence-electron chi connectivity index (χ0n) is 19.2. The van der Waals surface area contributed by atoms with E-state index in [2.05, 4.69) is 20.3 Å². The third-order valence-corrected chi connectivity index (χ3v) is 5.80. The SMILES string of the molecule is CC(C)C(=O)Nc1nc2c(c(=O)[nH]1)N=C[N+]2(CC(=O)N(CC=O)CCN)[C@@H]1O[C@H](C)[C@@H](O)[C@H]1O. The number of ether oxygens (including phenoxy) is 1. The molecule has 0 saturated carbocycles. The lowest BCUT2D eigenvalue weighted by atomic mass is 10.1. The van der Waals surface area contributed by atoms with Gasteiger partial charge in [0.25, 0.3) is 17.3 Å². The maximum Gasteiger partial charge on any atom is 0.284 e. The zero-order chi connectivity index (χ0) is 25.2. The number of rotatable bonds is 9. The van der Waals surface area contributed by atoms with Gasteiger partial charge >= 0.3 is 0 Å². The minimum atomic E-state index is -1.45. The number of anilines is 1. The number of aliphatic imine (C=N–C) groups is 1. The Kier molecular flexibility index (Phi) is 7.57. The highest BCUT2D eigenvalue weighted by atomic mass is 16.6. The average Bonchev–Trinajstić information content (AvgIpc) is 3.27. The summed E-state index contributed by atoms with van der Waals surface area (Å²) in [4.78, 5) is 61.3. The van der Waals surface area contributed by atoms with Gasteiger partial charge in [-0.1, -0.05) is 13.8 Å². The fraction of sp³-hybridized carbons (Fsp3) is 0.600. The first kappa shape index (κ1) is 25.6. The Bertz CT molecular complexity index is 1040. The van der Waals surface area contributed by atoms with Crippen LogP contribution >= 0.6 is 0 Å². The van der Waals surface area contributed by atoms with Crippen LogP contribution in [0.5, 0.6) is 0 Å². The molecule has 34 heavy (non-hydrogen) atoms. The fourth-order valence-electron chi connectivity index (χ4n) is 3.89. The standard InChI is InChI=1S/C20H29N7O7/c1-10(2)17(32)24-20-23-16-13(18(33)25-20)22-9-27(16,19-15(31)14(30)11(3)34-19)8-12(29)26(5-4-21)6-7-28/h7,9-11,14-15,19,30-31H,4-6,8,21H2,1-3H3,(H-,23,24,25,32,33)/p+1/t11-,14-,15-,19-,27?/m1/s1. The van der Waals surface area contributed by atoms with Crippen molar-refractivity contribution in [3.63, 3.8) is 0 Å². The van der Waals surface area contributed by atoms with E-state index in [1.807, 2.05) is 0 Å². The molecule has 0 bridgehead atoms. The van der Waals surface area contributed by atoms with E-state index in [1.165, 1.54) is 11.2 Å². The molecular weight excluding hydrogens is 450 g/mol. The van der Waals surface area contributed by atoms with Crippen LogP contribution in [0.1, 0.15) is 20.8 Å². The molecule has 14 nitrogen and oxygen atoms in total. The number of carbonyl (C=O) groups excluding carboxylic acids is 3. The molecule has 2 aliphatic heterocycles. The van der Waals surface area contributed by atoms with Gasteiger partial charge in [-0.15, -0.1) is 0 Å². The number of hydrogen-bond acceptors (Lipinski definition) is 10. The smallest absolute Gasteiger partial charge is 0.284 e. The molecule has 1 saturated heterocycles. The van der Waals surface area contributed by atoms with Gasteiger partial charge in [-0.3, -0.25) is 24.7 Å². The van der Waals surface area contributed by atoms with E-state index in [9.17, 15) is 29.4 Å². The molecule has 6 N–H and O–H groups in total. The van der Waals surface area contributed by atoms with Gasteiger partial charge in [0.1, 0.15) is 12.4 Å². The molecule has 2 amide bonds. The molecule has 186 valence electrons. The monoisotopic (exact) mass is 480 g/mol. The second-order valence-corrected chi connectivity index (χ2v) is 8.57. The quantitative estimate of drug-likeness (QED) is 0.192. The summed E-state index contributed by atoms with van der Waals surface area (Å²) in [6.45, 7) is 4.40. The molecule has 2 aliphatic rings. The molecule has 1 unspecified atom stereocenters. The molecule has 0 spiro atoms. The van der Waals surface area contributed by atoms with E-state index in [1.54, 1.807) is 20.8 Å². The first-order valence-electron chi connectivity index (χ1n) is 10.9. The van der Waals surface area contributed by atoms with Crippen molar-refractivity contribution in [2.45, 2.75) is 45.3 Å². The van der Waals surface area contributed by atoms with Gasteiger partial charge in [-0.25, -0.2) is 0 Å². The number of H-pyrrole nitrogens is 1. The Balaban J connectivity index is 2.11. The lowest BCUT2D eigenvalue weighted by Crippen LogP contribution is -2.63. The van der Waals surface area contributed by atoms with Crippen LogP contribution in [-0.2, 0) is 19.1 Å². The van der Waals surface area contributed by atoms with E-state index >= 15 is 0 Å². The van der Waals surface area contributed by atoms with Crippen LogP contribution in [0.25, 0.3) is 0 Å². The van der Waals surface area contributed by atoms with Crippen LogP contribution in [0, 0.1) is 5.92 Å². The minimum Gasteiger partial charge on any atom is -0.387 e. The summed E-state index contributed by atoms with van der Waals surface area (Å²) in [7, 11) is 0. The number of aromatic nitrogens is 2. The lowest BCUT2D eigenvalue weighted by molar-refractivity contribution is -0.136. The first-order chi connectivity index (χ1) is 16.0. The molecule has 3 heterocycles. The highest BCUT2D eigenvalue weighted by molar-refractivity contribution is 5.95. The molecule has 5 atom stereocenters. The molecule has 0 radical (unpaired) electrons.